The first-order valence-electron chi connectivity index (χ1n) is 30.3. The van der Waals surface area contributed by atoms with Gasteiger partial charge in [0.25, 0.3) is 0 Å². The number of aliphatic imine (C=N–C) groups is 1. The fraction of sp³-hybridized carbons (Fsp3) is 0.353. The number of piperazine rings is 1. The SMILES string of the molecule is CCOC(=O)[C@H](CCc1ccccc1)N[C@@H](C)C(=O)N1Cc2ccccc2C[C@H]1C(=O)O.COCCCOc1ccnc(CS(=O)c2nc3ccccc3[nH]2)c1C.Cl.O=C([O-])/C=C/C(=O)O.OCCOCCN1CCN(C2=Nc3ccccc3Sc3ccccc32)CC1.[Na+]. The monoisotopic (exact) mass is 1350 g/mol. The van der Waals surface area contributed by atoms with Crippen molar-refractivity contribution in [2.45, 2.75) is 91.8 Å². The first kappa shape index (κ1) is 77.4. The maximum Gasteiger partial charge on any atom is 1.00 e. The van der Waals surface area contributed by atoms with Gasteiger partial charge in [-0.3, -0.25) is 29.0 Å². The molecule has 1 amide bonds. The second-order valence-electron chi connectivity index (χ2n) is 21.3. The molecule has 3 aliphatic rings. The number of hydrogen-bond acceptors (Lipinski definition) is 19. The van der Waals surface area contributed by atoms with Gasteiger partial charge in [-0.1, -0.05) is 109 Å². The van der Waals surface area contributed by atoms with Gasteiger partial charge in [-0.05, 0) is 92.8 Å². The van der Waals surface area contributed by atoms with Gasteiger partial charge in [0.1, 0.15) is 23.7 Å². The Morgan fingerprint density at radius 1 is 0.840 bits per heavy atom. The minimum absolute atomic E-state index is 0. The number of aliphatic hydroxyl groups excluding tert-OH is 1. The number of pyridine rings is 1. The molecule has 496 valence electrons. The van der Waals surface area contributed by atoms with E-state index in [9.17, 15) is 38.4 Å². The number of hydrogen-bond donors (Lipinski definition) is 5. The number of carboxylic acids is 3. The zero-order chi connectivity index (χ0) is 65.8. The zero-order valence-electron chi connectivity index (χ0n) is 53.4. The molecule has 94 heavy (non-hydrogen) atoms. The van der Waals surface area contributed by atoms with Crippen LogP contribution < -0.4 is 44.7 Å². The maximum absolute atomic E-state index is 13.3. The normalized spacial score (nSPS) is 14.9. The molecule has 0 spiro atoms. The third-order valence-corrected chi connectivity index (χ3v) is 17.2. The number of carbonyl (C=O) groups excluding carboxylic acids is 3. The molecule has 22 nitrogen and oxygen atoms in total. The molecular formula is C68H80ClN8NaO14S2. The van der Waals surface area contributed by atoms with E-state index in [0.29, 0.717) is 62.3 Å². The van der Waals surface area contributed by atoms with Crippen LogP contribution >= 0.6 is 24.2 Å². The predicted octanol–water partition coefficient (Wildman–Crippen LogP) is 4.22. The van der Waals surface area contributed by atoms with E-state index in [1.807, 2.05) is 91.9 Å². The molecule has 0 saturated carbocycles. The van der Waals surface area contributed by atoms with Crippen LogP contribution in [0.1, 0.15) is 60.2 Å². The molecule has 4 atom stereocenters. The molecule has 1 fully saturated rings. The number of imidazole rings is 1. The fourth-order valence-corrected chi connectivity index (χ4v) is 12.3. The summed E-state index contributed by atoms with van der Waals surface area (Å²) < 4.78 is 34.1. The first-order chi connectivity index (χ1) is 44.6. The summed E-state index contributed by atoms with van der Waals surface area (Å²) in [6.45, 7) is 13.1. The van der Waals surface area contributed by atoms with Crippen molar-refractivity contribution in [3.63, 3.8) is 0 Å². The number of nitrogens with zero attached hydrogens (tertiary/aromatic N) is 6. The maximum atomic E-state index is 13.3. The van der Waals surface area contributed by atoms with Crippen molar-refractivity contribution in [1.29, 1.82) is 0 Å². The van der Waals surface area contributed by atoms with Crippen LogP contribution in [0.4, 0.5) is 5.69 Å². The van der Waals surface area contributed by atoms with E-state index >= 15 is 0 Å². The summed E-state index contributed by atoms with van der Waals surface area (Å²) in [5.74, 6) is -2.46. The summed E-state index contributed by atoms with van der Waals surface area (Å²) in [6, 6.07) is 41.4. The Morgan fingerprint density at radius 2 is 1.52 bits per heavy atom. The number of aromatic nitrogens is 3. The van der Waals surface area contributed by atoms with E-state index in [2.05, 4.69) is 78.6 Å². The largest absolute Gasteiger partial charge is 1.00 e. The van der Waals surface area contributed by atoms with Gasteiger partial charge in [0, 0.05) is 99.0 Å². The standard InChI is InChI=1S/C25H30N2O5.C21H25N3O2S.C18H21N3O3S.C4H4O4.ClH.Na/c1-3-32-25(31)21(14-13-18-9-5-4-6-10-18)26-17(2)23(28)27-16-20-12-8-7-11-19(20)15-22(27)24(29)30;25-14-16-26-15-13-23-9-11-24(12-10-23)21-17-5-1-3-7-19(17)27-20-8-4-2-6-18(20)22-21;1-13-16(19-9-8-17(13)24-11-5-10-23-2)12-25(22)18-20-14-6-3-4-7-15(14)21-18;5-3(6)1-2-4(7)8;;/h4-12,17,21-22,26H,3,13-16H2,1-2H3,(H,29,30);1-8,25H,9-16H2;3-4,6-9H,5,10-12H2,1-2H3,(H,20,21);1-2H,(H,5,6)(H,7,8);1H;/q;;;;;+1/p-1/b;;;2-1+;;/t17-,21-,22-;;;;;/m0...../s1. The van der Waals surface area contributed by atoms with Crippen LogP contribution in [0.3, 0.4) is 0 Å². The molecule has 1 unspecified atom stereocenters. The molecule has 10 rings (SSSR count). The number of amides is 1. The molecular weight excluding hydrogens is 1280 g/mol. The minimum Gasteiger partial charge on any atom is -0.545 e. The average molecular weight is 1360 g/mol. The Morgan fingerprint density at radius 3 is 2.20 bits per heavy atom. The van der Waals surface area contributed by atoms with Gasteiger partial charge in [-0.15, -0.1) is 12.4 Å². The van der Waals surface area contributed by atoms with Crippen molar-refractivity contribution in [3.8, 4) is 5.75 Å². The third-order valence-electron chi connectivity index (χ3n) is 14.9. The smallest absolute Gasteiger partial charge is 0.545 e. The number of aryl methyl sites for hydroxylation is 1. The van der Waals surface area contributed by atoms with Crippen molar-refractivity contribution in [2.24, 2.45) is 4.99 Å². The molecule has 0 bridgehead atoms. The second kappa shape index (κ2) is 40.8. The van der Waals surface area contributed by atoms with Crippen LogP contribution in [-0.4, -0.2) is 182 Å². The van der Waals surface area contributed by atoms with Crippen molar-refractivity contribution in [2.75, 3.05) is 79.5 Å². The summed E-state index contributed by atoms with van der Waals surface area (Å²) >= 11 is 1.80. The van der Waals surface area contributed by atoms with Crippen LogP contribution in [0.5, 0.6) is 5.75 Å². The fourth-order valence-electron chi connectivity index (χ4n) is 10.1. The van der Waals surface area contributed by atoms with Crippen LogP contribution in [0.2, 0.25) is 0 Å². The summed E-state index contributed by atoms with van der Waals surface area (Å²) in [5, 5.41) is 39.3. The van der Waals surface area contributed by atoms with Gasteiger partial charge in [0.2, 0.25) is 5.91 Å². The number of halogens is 1. The van der Waals surface area contributed by atoms with Gasteiger partial charge in [0.15, 0.2) is 5.16 Å². The Balaban J connectivity index is 0.000000240. The number of rotatable bonds is 24. The number of carboxylic acid groups (broad SMARTS) is 3. The first-order valence-corrected chi connectivity index (χ1v) is 32.4. The molecule has 1 saturated heterocycles. The number of benzene rings is 5. The van der Waals surface area contributed by atoms with Gasteiger partial charge < -0.3 is 59.0 Å². The zero-order valence-corrected chi connectivity index (χ0v) is 57.9. The number of para-hydroxylation sites is 3. The molecule has 5 aromatic carbocycles. The van der Waals surface area contributed by atoms with Crippen LogP contribution in [0, 0.1) is 6.92 Å². The number of nitrogens with one attached hydrogen (secondary N) is 2. The summed E-state index contributed by atoms with van der Waals surface area (Å²) in [6.07, 6.45) is 4.82. The predicted molar refractivity (Wildman–Crippen MR) is 355 cm³/mol. The molecule has 0 aliphatic carbocycles. The van der Waals surface area contributed by atoms with Gasteiger partial charge in [0.05, 0.1) is 84.0 Å². The summed E-state index contributed by atoms with van der Waals surface area (Å²) in [5.41, 5.74) is 8.59. The van der Waals surface area contributed by atoms with Crippen LogP contribution in [0.15, 0.2) is 172 Å². The van der Waals surface area contributed by atoms with Crippen LogP contribution in [0.25, 0.3) is 11.0 Å². The van der Waals surface area contributed by atoms with E-state index in [0.717, 1.165) is 95.4 Å². The van der Waals surface area contributed by atoms with Crippen molar-refractivity contribution in [3.05, 3.63) is 185 Å². The van der Waals surface area contributed by atoms with Crippen LogP contribution in [-0.2, 0) is 74.1 Å². The van der Waals surface area contributed by atoms with Gasteiger partial charge in [-0.25, -0.2) is 19.6 Å². The summed E-state index contributed by atoms with van der Waals surface area (Å²) in [4.78, 5) is 82.3. The second-order valence-corrected chi connectivity index (χ2v) is 23.7. The Labute approximate surface area is 582 Å². The molecule has 2 aromatic heterocycles. The molecule has 26 heteroatoms. The number of fused-ring (bicyclic) bond motifs is 4. The van der Waals surface area contributed by atoms with Gasteiger partial charge in [-0.2, -0.15) is 0 Å². The Bertz CT molecular complexity index is 3600. The minimum atomic E-state index is -1.51. The molecule has 0 radical (unpaired) electrons. The third kappa shape index (κ3) is 23.8. The van der Waals surface area contributed by atoms with Crippen molar-refractivity contribution >= 4 is 87.3 Å². The van der Waals surface area contributed by atoms with Crippen molar-refractivity contribution in [1.82, 2.24) is 35.0 Å². The number of aromatic amines is 1. The number of H-pyrrole nitrogens is 1. The van der Waals surface area contributed by atoms with E-state index in [1.165, 1.54) is 20.3 Å². The number of methoxy groups -OCH3 is 1. The molecule has 5 N–H and O–H groups in total. The van der Waals surface area contributed by atoms with E-state index in [1.54, 1.807) is 38.9 Å². The number of aliphatic hydroxyl groups is 1. The number of ether oxygens (including phenoxy) is 4. The number of carbonyl (C=O) groups is 5. The molecule has 7 aromatic rings. The summed E-state index contributed by atoms with van der Waals surface area (Å²) in [7, 11) is 0.371. The average Bonchev–Trinajstić information content (AvgIpc) is 1.30. The number of amidine groups is 1. The number of aliphatic carboxylic acids is 3. The number of esters is 1. The molecule has 3 aliphatic heterocycles. The van der Waals surface area contributed by atoms with E-state index in [4.69, 9.17) is 34.2 Å². The Kier molecular flexibility index (Phi) is 33.6. The Hall–Kier alpha value is -7.33. The topological polar surface area (TPSA) is 299 Å². The van der Waals surface area contributed by atoms with E-state index < -0.39 is 52.8 Å². The van der Waals surface area contributed by atoms with E-state index in [-0.39, 0.29) is 74.1 Å². The van der Waals surface area contributed by atoms with Gasteiger partial charge >= 0.3 is 47.5 Å². The molecule has 5 heterocycles. The quantitative estimate of drug-likeness (QED) is 0.0245. The van der Waals surface area contributed by atoms with Crippen molar-refractivity contribution < 1.29 is 97.1 Å².